The van der Waals surface area contributed by atoms with Crippen LogP contribution in [0.15, 0.2) is 30.3 Å². The molecule has 2 aromatic rings. The molecule has 0 aliphatic carbocycles. The van der Waals surface area contributed by atoms with Gasteiger partial charge in [0, 0.05) is 17.0 Å². The van der Waals surface area contributed by atoms with Gasteiger partial charge in [0.05, 0.1) is 0 Å². The fourth-order valence-electron chi connectivity index (χ4n) is 1.97. The van der Waals surface area contributed by atoms with Crippen LogP contribution in [-0.4, -0.2) is 17.4 Å². The Kier molecular flexibility index (Phi) is 5.30. The van der Waals surface area contributed by atoms with Gasteiger partial charge in [0.1, 0.15) is 10.7 Å². The van der Waals surface area contributed by atoms with Crippen LogP contribution in [-0.2, 0) is 0 Å². The van der Waals surface area contributed by atoms with Crippen LogP contribution in [0, 0.1) is 6.92 Å². The van der Waals surface area contributed by atoms with Crippen molar-refractivity contribution in [1.29, 1.82) is 0 Å². The number of hydrogen-bond acceptors (Lipinski definition) is 3. The van der Waals surface area contributed by atoms with Gasteiger partial charge < -0.3 is 5.32 Å². The van der Waals surface area contributed by atoms with E-state index < -0.39 is 0 Å². The number of hydrogen-bond donors (Lipinski definition) is 1. The van der Waals surface area contributed by atoms with Crippen LogP contribution < -0.4 is 5.32 Å². The molecule has 0 unspecified atom stereocenters. The van der Waals surface area contributed by atoms with Crippen molar-refractivity contribution in [3.8, 4) is 10.6 Å². The predicted molar refractivity (Wildman–Crippen MR) is 84.1 cm³/mol. The van der Waals surface area contributed by atoms with Crippen molar-refractivity contribution in [2.75, 3.05) is 6.54 Å². The molecule has 0 aliphatic heterocycles. The average Bonchev–Trinajstić information content (AvgIpc) is 2.86. The number of benzene rings is 1. The third kappa shape index (κ3) is 3.67. The zero-order valence-electron chi connectivity index (χ0n) is 12.0. The molecule has 0 atom stereocenters. The van der Waals surface area contributed by atoms with Crippen molar-refractivity contribution in [3.63, 3.8) is 0 Å². The first kappa shape index (κ1) is 14.7. The molecular formula is C16H20N2OS. The highest BCUT2D eigenvalue weighted by Crippen LogP contribution is 2.27. The molecule has 106 valence electrons. The molecule has 0 aliphatic rings. The van der Waals surface area contributed by atoms with Gasteiger partial charge in [0.15, 0.2) is 0 Å². The summed E-state index contributed by atoms with van der Waals surface area (Å²) in [6.07, 6.45) is 3.33. The molecule has 1 heterocycles. The first-order chi connectivity index (χ1) is 9.72. The topological polar surface area (TPSA) is 42.0 Å². The number of aromatic nitrogens is 1. The van der Waals surface area contributed by atoms with Crippen molar-refractivity contribution in [3.05, 3.63) is 40.9 Å². The Labute approximate surface area is 124 Å². The smallest absolute Gasteiger partial charge is 0.271 e. The Bertz CT molecular complexity index is 563. The van der Waals surface area contributed by atoms with E-state index in [4.69, 9.17) is 0 Å². The van der Waals surface area contributed by atoms with E-state index in [9.17, 15) is 4.79 Å². The number of carbonyl (C=O) groups is 1. The average molecular weight is 288 g/mol. The van der Waals surface area contributed by atoms with Crippen molar-refractivity contribution >= 4 is 17.2 Å². The van der Waals surface area contributed by atoms with E-state index in [1.807, 2.05) is 37.3 Å². The zero-order valence-corrected chi connectivity index (χ0v) is 12.8. The molecule has 0 bridgehead atoms. The van der Waals surface area contributed by atoms with Crippen LogP contribution in [0.1, 0.15) is 41.6 Å². The SMILES string of the molecule is CCCCCNC(=O)c1nc(-c2ccccc2)sc1C. The fraction of sp³-hybridized carbons (Fsp3) is 0.375. The highest BCUT2D eigenvalue weighted by atomic mass is 32.1. The monoisotopic (exact) mass is 288 g/mol. The summed E-state index contributed by atoms with van der Waals surface area (Å²) in [5.74, 6) is -0.0583. The van der Waals surface area contributed by atoms with Crippen molar-refractivity contribution in [2.24, 2.45) is 0 Å². The number of unbranched alkanes of at least 4 members (excludes halogenated alkanes) is 2. The highest BCUT2D eigenvalue weighted by molar-refractivity contribution is 7.15. The predicted octanol–water partition coefficient (Wildman–Crippen LogP) is 4.04. The Morgan fingerprint density at radius 1 is 1.25 bits per heavy atom. The number of aryl methyl sites for hydroxylation is 1. The molecule has 0 spiro atoms. The normalized spacial score (nSPS) is 10.5. The molecular weight excluding hydrogens is 268 g/mol. The van der Waals surface area contributed by atoms with Crippen LogP contribution in [0.5, 0.6) is 0 Å². The number of amides is 1. The van der Waals surface area contributed by atoms with Gasteiger partial charge in [0.25, 0.3) is 5.91 Å². The zero-order chi connectivity index (χ0) is 14.4. The second kappa shape index (κ2) is 7.20. The maximum atomic E-state index is 12.1. The molecule has 1 aromatic heterocycles. The number of rotatable bonds is 6. The van der Waals surface area contributed by atoms with E-state index in [1.165, 1.54) is 0 Å². The summed E-state index contributed by atoms with van der Waals surface area (Å²) in [5, 5.41) is 3.85. The summed E-state index contributed by atoms with van der Waals surface area (Å²) in [5.41, 5.74) is 1.62. The van der Waals surface area contributed by atoms with Gasteiger partial charge >= 0.3 is 0 Å². The molecule has 0 radical (unpaired) electrons. The van der Waals surface area contributed by atoms with E-state index >= 15 is 0 Å². The van der Waals surface area contributed by atoms with Crippen molar-refractivity contribution in [1.82, 2.24) is 10.3 Å². The molecule has 20 heavy (non-hydrogen) atoms. The summed E-state index contributed by atoms with van der Waals surface area (Å²) >= 11 is 1.57. The quantitative estimate of drug-likeness (QED) is 0.815. The minimum Gasteiger partial charge on any atom is -0.351 e. The van der Waals surface area contributed by atoms with Crippen LogP contribution in [0.25, 0.3) is 10.6 Å². The molecule has 1 amide bonds. The second-order valence-corrected chi connectivity index (χ2v) is 5.96. The summed E-state index contributed by atoms with van der Waals surface area (Å²) in [6, 6.07) is 9.97. The van der Waals surface area contributed by atoms with Crippen LogP contribution >= 0.6 is 11.3 Å². The molecule has 0 saturated carbocycles. The lowest BCUT2D eigenvalue weighted by molar-refractivity contribution is 0.0948. The molecule has 4 heteroatoms. The molecule has 1 N–H and O–H groups in total. The van der Waals surface area contributed by atoms with E-state index in [2.05, 4.69) is 17.2 Å². The van der Waals surface area contributed by atoms with Crippen molar-refractivity contribution in [2.45, 2.75) is 33.1 Å². The summed E-state index contributed by atoms with van der Waals surface area (Å²) in [4.78, 5) is 17.6. The Hall–Kier alpha value is -1.68. The summed E-state index contributed by atoms with van der Waals surface area (Å²) < 4.78 is 0. The molecule has 1 aromatic carbocycles. The third-order valence-electron chi connectivity index (χ3n) is 3.10. The maximum Gasteiger partial charge on any atom is 0.271 e. The lowest BCUT2D eigenvalue weighted by Gasteiger charge is -2.02. The Morgan fingerprint density at radius 3 is 2.70 bits per heavy atom. The van der Waals surface area contributed by atoms with Gasteiger partial charge in [-0.2, -0.15) is 0 Å². The summed E-state index contributed by atoms with van der Waals surface area (Å²) in [6.45, 7) is 4.83. The number of thiazole rings is 1. The number of nitrogens with zero attached hydrogens (tertiary/aromatic N) is 1. The second-order valence-electron chi connectivity index (χ2n) is 4.75. The van der Waals surface area contributed by atoms with Crippen LogP contribution in [0.2, 0.25) is 0 Å². The van der Waals surface area contributed by atoms with Gasteiger partial charge in [-0.05, 0) is 13.3 Å². The first-order valence-electron chi connectivity index (χ1n) is 7.03. The van der Waals surface area contributed by atoms with E-state index in [-0.39, 0.29) is 5.91 Å². The van der Waals surface area contributed by atoms with Gasteiger partial charge in [-0.15, -0.1) is 11.3 Å². The number of nitrogens with one attached hydrogen (secondary N) is 1. The number of carbonyl (C=O) groups excluding carboxylic acids is 1. The van der Waals surface area contributed by atoms with E-state index in [0.717, 1.165) is 41.3 Å². The third-order valence-corrected chi connectivity index (χ3v) is 4.12. The molecule has 0 fully saturated rings. The van der Waals surface area contributed by atoms with Crippen LogP contribution in [0.3, 0.4) is 0 Å². The molecule has 0 saturated heterocycles. The van der Waals surface area contributed by atoms with E-state index in [1.54, 1.807) is 11.3 Å². The maximum absolute atomic E-state index is 12.1. The molecule has 2 rings (SSSR count). The minimum absolute atomic E-state index is 0.0583. The fourth-order valence-corrected chi connectivity index (χ4v) is 2.89. The lowest BCUT2D eigenvalue weighted by Crippen LogP contribution is -2.25. The van der Waals surface area contributed by atoms with Crippen LogP contribution in [0.4, 0.5) is 0 Å². The van der Waals surface area contributed by atoms with Gasteiger partial charge in [-0.1, -0.05) is 50.1 Å². The largest absolute Gasteiger partial charge is 0.351 e. The van der Waals surface area contributed by atoms with Gasteiger partial charge in [0.2, 0.25) is 0 Å². The van der Waals surface area contributed by atoms with E-state index in [0.29, 0.717) is 5.69 Å². The van der Waals surface area contributed by atoms with Gasteiger partial charge in [-0.3, -0.25) is 4.79 Å². The summed E-state index contributed by atoms with van der Waals surface area (Å²) in [7, 11) is 0. The van der Waals surface area contributed by atoms with Crippen molar-refractivity contribution < 1.29 is 4.79 Å². The first-order valence-corrected chi connectivity index (χ1v) is 7.85. The Balaban J connectivity index is 2.06. The minimum atomic E-state index is -0.0583. The lowest BCUT2D eigenvalue weighted by atomic mass is 10.2. The Morgan fingerprint density at radius 2 is 2.00 bits per heavy atom. The standard InChI is InChI=1S/C16H20N2OS/c1-3-4-8-11-17-15(19)14-12(2)20-16(18-14)13-9-6-5-7-10-13/h5-7,9-10H,3-4,8,11H2,1-2H3,(H,17,19). The molecule has 3 nitrogen and oxygen atoms in total. The van der Waals surface area contributed by atoms with Gasteiger partial charge in [-0.25, -0.2) is 4.98 Å². The highest BCUT2D eigenvalue weighted by Gasteiger charge is 2.15.